The Morgan fingerprint density at radius 2 is 1.79 bits per heavy atom. The summed E-state index contributed by atoms with van der Waals surface area (Å²) in [5.74, 6) is 0.842. The minimum atomic E-state index is -0.427. The number of amides is 1. The summed E-state index contributed by atoms with van der Waals surface area (Å²) in [6.45, 7) is 4.70. The van der Waals surface area contributed by atoms with Gasteiger partial charge in [-0.1, -0.05) is 42.5 Å². The normalized spacial score (nSPS) is 11.2. The van der Waals surface area contributed by atoms with Crippen LogP contribution in [0.1, 0.15) is 18.1 Å². The number of nitrogens with two attached hydrogens (primary N) is 1. The molecule has 28 heavy (non-hydrogen) atoms. The van der Waals surface area contributed by atoms with Crippen LogP contribution in [0.25, 0.3) is 0 Å². The van der Waals surface area contributed by atoms with Gasteiger partial charge in [-0.15, -0.1) is 12.4 Å². The molecule has 0 unspecified atom stereocenters. The van der Waals surface area contributed by atoms with Crippen LogP contribution in [0.3, 0.4) is 0 Å². The number of hydrogen-bond acceptors (Lipinski definition) is 5. The van der Waals surface area contributed by atoms with Crippen molar-refractivity contribution in [3.8, 4) is 5.75 Å². The zero-order chi connectivity index (χ0) is 19.3. The van der Waals surface area contributed by atoms with E-state index in [0.717, 1.165) is 16.9 Å². The Bertz CT molecular complexity index is 668. The van der Waals surface area contributed by atoms with Gasteiger partial charge in [0.05, 0.1) is 6.61 Å². The molecule has 4 N–H and O–H groups in total. The molecule has 0 aliphatic rings. The van der Waals surface area contributed by atoms with Gasteiger partial charge in [-0.05, 0) is 36.6 Å². The Balaban J connectivity index is 0.00000392. The van der Waals surface area contributed by atoms with Crippen LogP contribution in [-0.4, -0.2) is 38.4 Å². The molecular weight excluding hydrogens is 378 g/mol. The van der Waals surface area contributed by atoms with Crippen molar-refractivity contribution in [2.24, 2.45) is 5.73 Å². The predicted molar refractivity (Wildman–Crippen MR) is 114 cm³/mol. The van der Waals surface area contributed by atoms with Gasteiger partial charge in [-0.3, -0.25) is 0 Å². The summed E-state index contributed by atoms with van der Waals surface area (Å²) >= 11 is 0. The molecule has 0 saturated carbocycles. The van der Waals surface area contributed by atoms with Crippen LogP contribution in [0.5, 0.6) is 5.75 Å². The van der Waals surface area contributed by atoms with Gasteiger partial charge in [-0.25, -0.2) is 4.79 Å². The van der Waals surface area contributed by atoms with E-state index < -0.39 is 6.09 Å². The second kappa shape index (κ2) is 13.8. The Morgan fingerprint density at radius 3 is 2.43 bits per heavy atom. The lowest BCUT2D eigenvalue weighted by Gasteiger charge is -2.19. The van der Waals surface area contributed by atoms with Gasteiger partial charge in [0.15, 0.2) is 0 Å². The third-order valence-corrected chi connectivity index (χ3v) is 3.96. The molecule has 154 valence electrons. The lowest BCUT2D eigenvalue weighted by molar-refractivity contribution is 0.135. The molecule has 6 nitrogen and oxygen atoms in total. The summed E-state index contributed by atoms with van der Waals surface area (Å²) in [6, 6.07) is 17.4. The van der Waals surface area contributed by atoms with Crippen molar-refractivity contribution in [3.05, 3.63) is 65.7 Å². The van der Waals surface area contributed by atoms with Crippen LogP contribution in [-0.2, 0) is 17.8 Å². The number of alkyl carbamates (subject to hydrolysis) is 1. The predicted octanol–water partition coefficient (Wildman–Crippen LogP) is 2.89. The van der Waals surface area contributed by atoms with Crippen molar-refractivity contribution in [1.29, 1.82) is 0 Å². The first-order valence-electron chi connectivity index (χ1n) is 9.31. The minimum absolute atomic E-state index is 0. The lowest BCUT2D eigenvalue weighted by Crippen LogP contribution is -2.44. The van der Waals surface area contributed by atoms with E-state index in [0.29, 0.717) is 32.7 Å². The highest BCUT2D eigenvalue weighted by Crippen LogP contribution is 2.13. The van der Waals surface area contributed by atoms with Crippen LogP contribution in [0.2, 0.25) is 0 Å². The van der Waals surface area contributed by atoms with E-state index >= 15 is 0 Å². The SMILES string of the molecule is CCOc1ccc(C[C@@H](CNCCN)NC(=O)OCc2ccccc2)cc1.Cl. The number of benzene rings is 2. The third-order valence-electron chi connectivity index (χ3n) is 3.96. The number of nitrogens with one attached hydrogen (secondary N) is 2. The maximum atomic E-state index is 12.2. The minimum Gasteiger partial charge on any atom is -0.494 e. The highest BCUT2D eigenvalue weighted by atomic mass is 35.5. The average Bonchev–Trinajstić information content (AvgIpc) is 2.69. The van der Waals surface area contributed by atoms with E-state index in [1.54, 1.807) is 0 Å². The van der Waals surface area contributed by atoms with Gasteiger partial charge in [0.1, 0.15) is 12.4 Å². The van der Waals surface area contributed by atoms with Crippen LogP contribution in [0, 0.1) is 0 Å². The van der Waals surface area contributed by atoms with E-state index in [9.17, 15) is 4.79 Å². The fourth-order valence-electron chi connectivity index (χ4n) is 2.66. The monoisotopic (exact) mass is 407 g/mol. The number of hydrogen-bond donors (Lipinski definition) is 3. The Morgan fingerprint density at radius 1 is 1.07 bits per heavy atom. The molecule has 1 amide bonds. The van der Waals surface area contributed by atoms with Gasteiger partial charge in [0.2, 0.25) is 0 Å². The Hall–Kier alpha value is -2.28. The summed E-state index contributed by atoms with van der Waals surface area (Å²) in [5, 5.41) is 6.18. The van der Waals surface area contributed by atoms with Crippen LogP contribution < -0.4 is 21.1 Å². The lowest BCUT2D eigenvalue weighted by atomic mass is 10.1. The molecule has 0 fully saturated rings. The molecule has 2 rings (SSSR count). The number of carbonyl (C=O) groups is 1. The first kappa shape index (κ1) is 23.8. The first-order valence-corrected chi connectivity index (χ1v) is 9.31. The maximum Gasteiger partial charge on any atom is 0.407 e. The summed E-state index contributed by atoms with van der Waals surface area (Å²) in [4.78, 5) is 12.2. The number of rotatable bonds is 11. The van der Waals surface area contributed by atoms with Gasteiger partial charge in [0, 0.05) is 25.7 Å². The Labute approximate surface area is 173 Å². The number of ether oxygens (including phenoxy) is 2. The van der Waals surface area contributed by atoms with Gasteiger partial charge in [-0.2, -0.15) is 0 Å². The molecule has 0 aliphatic carbocycles. The van der Waals surface area contributed by atoms with Gasteiger partial charge < -0.3 is 25.8 Å². The molecule has 0 spiro atoms. The number of carbonyl (C=O) groups excluding carboxylic acids is 1. The summed E-state index contributed by atoms with van der Waals surface area (Å²) in [5.41, 5.74) is 7.61. The summed E-state index contributed by atoms with van der Waals surface area (Å²) in [7, 11) is 0. The second-order valence-electron chi connectivity index (χ2n) is 6.18. The van der Waals surface area contributed by atoms with Crippen LogP contribution in [0.15, 0.2) is 54.6 Å². The van der Waals surface area contributed by atoms with Gasteiger partial charge in [0.25, 0.3) is 0 Å². The molecule has 0 bridgehead atoms. The second-order valence-corrected chi connectivity index (χ2v) is 6.18. The topological polar surface area (TPSA) is 85.6 Å². The molecule has 0 heterocycles. The maximum absolute atomic E-state index is 12.2. The quantitative estimate of drug-likeness (QED) is 0.499. The molecule has 0 aromatic heterocycles. The Kier molecular flexibility index (Phi) is 11.7. The zero-order valence-electron chi connectivity index (χ0n) is 16.2. The zero-order valence-corrected chi connectivity index (χ0v) is 17.0. The van der Waals surface area contributed by atoms with Crippen molar-refractivity contribution < 1.29 is 14.3 Å². The van der Waals surface area contributed by atoms with E-state index in [2.05, 4.69) is 10.6 Å². The van der Waals surface area contributed by atoms with Crippen LogP contribution in [0.4, 0.5) is 4.79 Å². The molecule has 7 heteroatoms. The molecule has 0 aliphatic heterocycles. The van der Waals surface area contributed by atoms with Crippen molar-refractivity contribution in [2.75, 3.05) is 26.2 Å². The fraction of sp³-hybridized carbons (Fsp3) is 0.381. The van der Waals surface area contributed by atoms with E-state index in [1.165, 1.54) is 0 Å². The third kappa shape index (κ3) is 9.08. The van der Waals surface area contributed by atoms with Crippen molar-refractivity contribution >= 4 is 18.5 Å². The molecule has 2 aromatic rings. The highest BCUT2D eigenvalue weighted by Gasteiger charge is 2.14. The average molecular weight is 408 g/mol. The van der Waals surface area contributed by atoms with Crippen molar-refractivity contribution in [2.45, 2.75) is 26.0 Å². The molecule has 2 aromatic carbocycles. The summed E-state index contributed by atoms with van der Waals surface area (Å²) < 4.78 is 10.8. The molecule has 0 radical (unpaired) electrons. The van der Waals surface area contributed by atoms with E-state index in [-0.39, 0.29) is 25.1 Å². The fourth-order valence-corrected chi connectivity index (χ4v) is 2.66. The summed E-state index contributed by atoms with van der Waals surface area (Å²) in [6.07, 6.45) is 0.258. The largest absolute Gasteiger partial charge is 0.494 e. The highest BCUT2D eigenvalue weighted by molar-refractivity contribution is 5.85. The first-order chi connectivity index (χ1) is 13.2. The number of halogens is 1. The van der Waals surface area contributed by atoms with Crippen molar-refractivity contribution in [3.63, 3.8) is 0 Å². The molecule has 0 saturated heterocycles. The molecule has 1 atom stereocenters. The van der Waals surface area contributed by atoms with Crippen LogP contribution >= 0.6 is 12.4 Å². The molecular formula is C21H30ClN3O3. The van der Waals surface area contributed by atoms with Gasteiger partial charge >= 0.3 is 6.09 Å². The standard InChI is InChI=1S/C21H29N3O3.ClH/c1-2-26-20-10-8-17(9-11-20)14-19(15-23-13-12-22)24-21(25)27-16-18-6-4-3-5-7-18;/h3-11,19,23H,2,12-16,22H2,1H3,(H,24,25);1H/t19-;/m0./s1. The van der Waals surface area contributed by atoms with Crippen molar-refractivity contribution in [1.82, 2.24) is 10.6 Å². The van der Waals surface area contributed by atoms with E-state index in [1.807, 2.05) is 61.5 Å². The smallest absolute Gasteiger partial charge is 0.407 e. The van der Waals surface area contributed by atoms with E-state index in [4.69, 9.17) is 15.2 Å².